The van der Waals surface area contributed by atoms with Crippen molar-refractivity contribution in [2.24, 2.45) is 0 Å². The lowest BCUT2D eigenvalue weighted by Crippen LogP contribution is -2.26. The molecule has 86 valence electrons. The second-order valence-corrected chi connectivity index (χ2v) is 4.83. The highest BCUT2D eigenvalue weighted by atomic mass is 35.6. The van der Waals surface area contributed by atoms with E-state index in [-0.39, 0.29) is 0 Å². The topological polar surface area (TPSA) is 49.7 Å². The van der Waals surface area contributed by atoms with Crippen LogP contribution in [0.4, 0.5) is 0 Å². The van der Waals surface area contributed by atoms with Crippen molar-refractivity contribution in [1.82, 2.24) is 0 Å². The molecule has 0 aliphatic heterocycles. The summed E-state index contributed by atoms with van der Waals surface area (Å²) in [6.45, 7) is 0. The van der Waals surface area contributed by atoms with E-state index in [4.69, 9.17) is 45.0 Å². The van der Waals surface area contributed by atoms with E-state index in [1.807, 2.05) is 6.07 Å². The molecule has 1 aromatic carbocycles. The number of ether oxygens (including phenoxy) is 1. The number of hydrogen-bond donors (Lipinski definition) is 2. The first kappa shape index (κ1) is 14.8. The lowest BCUT2D eigenvalue weighted by Gasteiger charge is -2.15. The summed E-state index contributed by atoms with van der Waals surface area (Å²) < 4.78 is 2.53. The molecule has 2 N–H and O–H groups in total. The van der Waals surface area contributed by atoms with Crippen molar-refractivity contribution in [3.8, 4) is 5.75 Å². The summed E-state index contributed by atoms with van der Waals surface area (Å²) in [6.07, 6.45) is -1.35. The Labute approximate surface area is 103 Å². The Balaban J connectivity index is 0.000000262. The van der Waals surface area contributed by atoms with Crippen LogP contribution in [0.15, 0.2) is 30.3 Å². The van der Waals surface area contributed by atoms with Gasteiger partial charge < -0.3 is 14.9 Å². The third-order valence-corrected chi connectivity index (χ3v) is 1.82. The molecule has 3 nitrogen and oxygen atoms in total. The SMILES string of the molecule is COC(O)C(Cl)(Cl)Cl.Oc1ccccc1. The maximum absolute atomic E-state index is 8.63. The van der Waals surface area contributed by atoms with Crippen LogP contribution in [0.25, 0.3) is 0 Å². The number of phenolic OH excluding ortho intramolecular Hbond substituents is 1. The zero-order chi connectivity index (χ0) is 11.9. The fourth-order valence-electron chi connectivity index (χ4n) is 0.562. The molecule has 6 heteroatoms. The molecule has 1 atom stereocenters. The summed E-state index contributed by atoms with van der Waals surface area (Å²) in [5.41, 5.74) is 0. The van der Waals surface area contributed by atoms with Gasteiger partial charge in [-0.05, 0) is 12.1 Å². The smallest absolute Gasteiger partial charge is 0.240 e. The standard InChI is InChI=1S/C6H6O.C3H5Cl3O2/c7-6-4-2-1-3-5-6;1-8-2(7)3(4,5)6/h1-5,7H;2,7H,1H3. The fourth-order valence-corrected chi connectivity index (χ4v) is 0.829. The van der Waals surface area contributed by atoms with Gasteiger partial charge in [-0.1, -0.05) is 53.0 Å². The van der Waals surface area contributed by atoms with Crippen LogP contribution in [-0.2, 0) is 4.74 Å². The number of aliphatic hydroxyl groups is 1. The Bertz CT molecular complexity index is 261. The molecular weight excluding hydrogens is 262 g/mol. The molecule has 0 bridgehead atoms. The van der Waals surface area contributed by atoms with E-state index in [1.165, 1.54) is 7.11 Å². The molecule has 0 aromatic heterocycles. The van der Waals surface area contributed by atoms with Gasteiger partial charge in [0.05, 0.1) is 0 Å². The van der Waals surface area contributed by atoms with Crippen LogP contribution < -0.4 is 0 Å². The highest BCUT2D eigenvalue weighted by molar-refractivity contribution is 6.67. The normalized spacial score (nSPS) is 12.6. The van der Waals surface area contributed by atoms with Crippen LogP contribution in [0.5, 0.6) is 5.75 Å². The Morgan fingerprint density at radius 3 is 1.80 bits per heavy atom. The van der Waals surface area contributed by atoms with E-state index in [0.717, 1.165) is 0 Å². The molecular formula is C9H11Cl3O3. The molecule has 0 fully saturated rings. The van der Waals surface area contributed by atoms with Crippen LogP contribution in [-0.4, -0.2) is 27.4 Å². The fraction of sp³-hybridized carbons (Fsp3) is 0.333. The lowest BCUT2D eigenvalue weighted by atomic mass is 10.3. The predicted molar refractivity (Wildman–Crippen MR) is 61.4 cm³/mol. The van der Waals surface area contributed by atoms with Crippen molar-refractivity contribution >= 4 is 34.8 Å². The lowest BCUT2D eigenvalue weighted by molar-refractivity contribution is -0.0696. The summed E-state index contributed by atoms with van der Waals surface area (Å²) in [4.78, 5) is 0. The molecule has 0 saturated carbocycles. The zero-order valence-electron chi connectivity index (χ0n) is 7.90. The van der Waals surface area contributed by atoms with Gasteiger partial charge in [0.25, 0.3) is 0 Å². The first-order chi connectivity index (χ1) is 6.88. The second kappa shape index (κ2) is 7.14. The van der Waals surface area contributed by atoms with Crippen LogP contribution in [0.1, 0.15) is 0 Å². The molecule has 15 heavy (non-hydrogen) atoms. The van der Waals surface area contributed by atoms with Gasteiger partial charge in [0.2, 0.25) is 10.1 Å². The maximum Gasteiger partial charge on any atom is 0.240 e. The third-order valence-electron chi connectivity index (χ3n) is 1.26. The van der Waals surface area contributed by atoms with E-state index >= 15 is 0 Å². The zero-order valence-corrected chi connectivity index (χ0v) is 10.2. The molecule has 0 heterocycles. The number of benzene rings is 1. The minimum absolute atomic E-state index is 0.322. The molecule has 1 unspecified atom stereocenters. The average molecular weight is 274 g/mol. The van der Waals surface area contributed by atoms with Gasteiger partial charge in [0.15, 0.2) is 0 Å². The van der Waals surface area contributed by atoms with E-state index in [9.17, 15) is 0 Å². The van der Waals surface area contributed by atoms with E-state index in [1.54, 1.807) is 24.3 Å². The summed E-state index contributed by atoms with van der Waals surface area (Å²) in [5.74, 6) is 0.322. The number of para-hydroxylation sites is 1. The van der Waals surface area contributed by atoms with E-state index < -0.39 is 10.1 Å². The average Bonchev–Trinajstić information content (AvgIpc) is 2.17. The summed E-state index contributed by atoms with van der Waals surface area (Å²) in [5, 5.41) is 17.2. The molecule has 0 amide bonds. The highest BCUT2D eigenvalue weighted by Crippen LogP contribution is 2.30. The number of rotatable bonds is 1. The monoisotopic (exact) mass is 272 g/mol. The number of methoxy groups -OCH3 is 1. The van der Waals surface area contributed by atoms with Crippen molar-refractivity contribution in [3.63, 3.8) is 0 Å². The van der Waals surface area contributed by atoms with Crippen LogP contribution >= 0.6 is 34.8 Å². The predicted octanol–water partition coefficient (Wildman–Crippen LogP) is 2.71. The van der Waals surface area contributed by atoms with Crippen LogP contribution in [0.2, 0.25) is 0 Å². The second-order valence-electron chi connectivity index (χ2n) is 2.47. The van der Waals surface area contributed by atoms with Gasteiger partial charge in [-0.15, -0.1) is 0 Å². The van der Waals surface area contributed by atoms with Crippen molar-refractivity contribution in [1.29, 1.82) is 0 Å². The van der Waals surface area contributed by atoms with Crippen molar-refractivity contribution in [3.05, 3.63) is 30.3 Å². The van der Waals surface area contributed by atoms with Crippen molar-refractivity contribution in [2.75, 3.05) is 7.11 Å². The Hall–Kier alpha value is -0.190. The minimum atomic E-state index is -1.74. The molecule has 0 aliphatic rings. The minimum Gasteiger partial charge on any atom is -0.508 e. The van der Waals surface area contributed by atoms with Gasteiger partial charge in [0.1, 0.15) is 5.75 Å². The van der Waals surface area contributed by atoms with E-state index in [0.29, 0.717) is 5.75 Å². The first-order valence-corrected chi connectivity index (χ1v) is 5.03. The third kappa shape index (κ3) is 7.71. The molecule has 1 rings (SSSR count). The number of hydrogen-bond acceptors (Lipinski definition) is 3. The number of aliphatic hydroxyl groups excluding tert-OH is 1. The first-order valence-electron chi connectivity index (χ1n) is 3.89. The van der Waals surface area contributed by atoms with Gasteiger partial charge in [-0.2, -0.15) is 0 Å². The molecule has 0 spiro atoms. The van der Waals surface area contributed by atoms with Gasteiger partial charge >= 0.3 is 0 Å². The quantitative estimate of drug-likeness (QED) is 0.611. The van der Waals surface area contributed by atoms with Crippen molar-refractivity contribution in [2.45, 2.75) is 10.1 Å². The largest absolute Gasteiger partial charge is 0.508 e. The Kier molecular flexibility index (Phi) is 7.05. The molecule has 0 aliphatic carbocycles. The Morgan fingerprint density at radius 1 is 1.20 bits per heavy atom. The number of alkyl halides is 3. The van der Waals surface area contributed by atoms with Gasteiger partial charge in [-0.25, -0.2) is 0 Å². The summed E-state index contributed by atoms with van der Waals surface area (Å²) >= 11 is 15.4. The number of halogens is 3. The summed E-state index contributed by atoms with van der Waals surface area (Å²) in [7, 11) is 1.24. The van der Waals surface area contributed by atoms with E-state index in [2.05, 4.69) is 4.74 Å². The molecule has 0 saturated heterocycles. The highest BCUT2D eigenvalue weighted by Gasteiger charge is 2.30. The van der Waals surface area contributed by atoms with Crippen LogP contribution in [0, 0.1) is 0 Å². The van der Waals surface area contributed by atoms with Gasteiger partial charge in [-0.3, -0.25) is 0 Å². The van der Waals surface area contributed by atoms with Crippen LogP contribution in [0.3, 0.4) is 0 Å². The number of phenols is 1. The summed E-state index contributed by atoms with van der Waals surface area (Å²) in [6, 6.07) is 8.71. The van der Waals surface area contributed by atoms with Crippen molar-refractivity contribution < 1.29 is 14.9 Å². The molecule has 1 aromatic rings. The van der Waals surface area contributed by atoms with Gasteiger partial charge in [0, 0.05) is 7.11 Å². The maximum atomic E-state index is 8.63. The number of aromatic hydroxyl groups is 1. The molecule has 0 radical (unpaired) electrons. The Morgan fingerprint density at radius 2 is 1.67 bits per heavy atom.